The maximum absolute atomic E-state index is 13.4. The molecule has 5 nitrogen and oxygen atoms in total. The minimum atomic E-state index is -0.470. The van der Waals surface area contributed by atoms with Crippen LogP contribution in [0.3, 0.4) is 0 Å². The Kier molecular flexibility index (Phi) is 8.75. The number of hydrogen-bond acceptors (Lipinski definition) is 4. The van der Waals surface area contributed by atoms with Crippen LogP contribution in [0.25, 0.3) is 0 Å². The standard InChI is InChI=1S/C22H31Cl2N3O2S/c1-15(2)12-20-27(22(29)16-6-7-17(23)18(24)13-16)19(14-30-20)21(28)25-8-11-26-9-4-3-5-10-26/h6-7,13,15,19-20H,3-5,8-12,14H2,1-2H3,(H,25,28). The number of carbonyl (C=O) groups is 2. The van der Waals surface area contributed by atoms with Crippen LogP contribution < -0.4 is 5.32 Å². The van der Waals surface area contributed by atoms with Crippen LogP contribution in [0.5, 0.6) is 0 Å². The number of nitrogens with zero attached hydrogens (tertiary/aromatic N) is 2. The van der Waals surface area contributed by atoms with Crippen molar-refractivity contribution in [2.45, 2.75) is 50.9 Å². The van der Waals surface area contributed by atoms with Crippen molar-refractivity contribution in [1.29, 1.82) is 0 Å². The topological polar surface area (TPSA) is 52.7 Å². The predicted molar refractivity (Wildman–Crippen MR) is 125 cm³/mol. The first-order valence-electron chi connectivity index (χ1n) is 10.8. The molecule has 0 spiro atoms. The van der Waals surface area contributed by atoms with Crippen LogP contribution in [0.15, 0.2) is 18.2 Å². The normalized spacial score (nSPS) is 22.5. The average Bonchev–Trinajstić information content (AvgIpc) is 3.13. The number of rotatable bonds is 7. The summed E-state index contributed by atoms with van der Waals surface area (Å²) in [5.74, 6) is 0.798. The Balaban J connectivity index is 1.68. The van der Waals surface area contributed by atoms with Crippen molar-refractivity contribution in [2.24, 2.45) is 5.92 Å². The predicted octanol–water partition coefficient (Wildman–Crippen LogP) is 4.53. The van der Waals surface area contributed by atoms with Gasteiger partial charge in [0.15, 0.2) is 0 Å². The molecule has 2 heterocycles. The number of halogens is 2. The van der Waals surface area contributed by atoms with Crippen molar-refractivity contribution in [1.82, 2.24) is 15.1 Å². The molecule has 0 bridgehead atoms. The summed E-state index contributed by atoms with van der Waals surface area (Å²) in [6, 6.07) is 4.43. The van der Waals surface area contributed by atoms with Crippen molar-refractivity contribution < 1.29 is 9.59 Å². The molecule has 0 aromatic heterocycles. The van der Waals surface area contributed by atoms with Crippen LogP contribution in [0, 0.1) is 5.92 Å². The lowest BCUT2D eigenvalue weighted by molar-refractivity contribution is -0.124. The average molecular weight is 472 g/mol. The van der Waals surface area contributed by atoms with E-state index in [2.05, 4.69) is 24.1 Å². The zero-order valence-electron chi connectivity index (χ0n) is 17.7. The third kappa shape index (κ3) is 6.06. The first-order chi connectivity index (χ1) is 14.4. The molecule has 3 rings (SSSR count). The van der Waals surface area contributed by atoms with Crippen LogP contribution in [0.1, 0.15) is 49.9 Å². The molecular formula is C22H31Cl2N3O2S. The largest absolute Gasteiger partial charge is 0.353 e. The number of thioether (sulfide) groups is 1. The number of benzene rings is 1. The van der Waals surface area contributed by atoms with E-state index < -0.39 is 6.04 Å². The van der Waals surface area contributed by atoms with E-state index in [1.165, 1.54) is 19.3 Å². The highest BCUT2D eigenvalue weighted by atomic mass is 35.5. The Morgan fingerprint density at radius 1 is 1.17 bits per heavy atom. The highest BCUT2D eigenvalue weighted by molar-refractivity contribution is 8.00. The Hall–Kier alpha value is -0.950. The monoisotopic (exact) mass is 471 g/mol. The van der Waals surface area contributed by atoms with E-state index in [1.54, 1.807) is 34.9 Å². The van der Waals surface area contributed by atoms with Gasteiger partial charge in [-0.3, -0.25) is 9.59 Å². The van der Waals surface area contributed by atoms with Gasteiger partial charge in [0.05, 0.1) is 15.4 Å². The van der Waals surface area contributed by atoms with Crippen LogP contribution in [-0.4, -0.2) is 65.0 Å². The lowest BCUT2D eigenvalue weighted by Crippen LogP contribution is -2.51. The lowest BCUT2D eigenvalue weighted by Gasteiger charge is -2.30. The zero-order valence-corrected chi connectivity index (χ0v) is 20.0. The summed E-state index contributed by atoms with van der Waals surface area (Å²) in [6.45, 7) is 7.95. The molecule has 2 unspecified atom stereocenters. The van der Waals surface area contributed by atoms with Gasteiger partial charge >= 0.3 is 0 Å². The molecule has 0 saturated carbocycles. The van der Waals surface area contributed by atoms with Gasteiger partial charge < -0.3 is 15.1 Å². The SMILES string of the molecule is CC(C)CC1SCC(C(=O)NCCN2CCCCC2)N1C(=O)c1ccc(Cl)c(Cl)c1. The summed E-state index contributed by atoms with van der Waals surface area (Å²) < 4.78 is 0. The van der Waals surface area contributed by atoms with Gasteiger partial charge in [-0.25, -0.2) is 0 Å². The van der Waals surface area contributed by atoms with Crippen LogP contribution in [-0.2, 0) is 4.79 Å². The van der Waals surface area contributed by atoms with Gasteiger partial charge in [0.1, 0.15) is 6.04 Å². The minimum absolute atomic E-state index is 0.0233. The van der Waals surface area contributed by atoms with Crippen LogP contribution >= 0.6 is 35.0 Å². The van der Waals surface area contributed by atoms with Crippen molar-refractivity contribution in [3.63, 3.8) is 0 Å². The number of piperidine rings is 1. The third-order valence-electron chi connectivity index (χ3n) is 5.65. The number of carbonyl (C=O) groups excluding carboxylic acids is 2. The molecular weight excluding hydrogens is 441 g/mol. The van der Waals surface area contributed by atoms with E-state index in [9.17, 15) is 9.59 Å². The number of likely N-dealkylation sites (tertiary alicyclic amines) is 1. The van der Waals surface area contributed by atoms with E-state index in [0.717, 1.165) is 26.1 Å². The van der Waals surface area contributed by atoms with Gasteiger partial charge in [0.25, 0.3) is 5.91 Å². The zero-order chi connectivity index (χ0) is 21.7. The Morgan fingerprint density at radius 3 is 2.57 bits per heavy atom. The first-order valence-corrected chi connectivity index (χ1v) is 12.6. The van der Waals surface area contributed by atoms with Gasteiger partial charge in [-0.1, -0.05) is 43.5 Å². The Bertz CT molecular complexity index is 756. The van der Waals surface area contributed by atoms with E-state index in [1.807, 2.05) is 0 Å². The quantitative estimate of drug-likeness (QED) is 0.634. The van der Waals surface area contributed by atoms with Gasteiger partial charge in [0.2, 0.25) is 5.91 Å². The van der Waals surface area contributed by atoms with Gasteiger partial charge in [0, 0.05) is 24.4 Å². The molecule has 8 heteroatoms. The van der Waals surface area contributed by atoms with Gasteiger partial charge in [-0.05, 0) is 56.5 Å². The van der Waals surface area contributed by atoms with E-state index in [4.69, 9.17) is 23.2 Å². The smallest absolute Gasteiger partial charge is 0.255 e. The molecule has 2 aliphatic rings. The molecule has 2 atom stereocenters. The fourth-order valence-electron chi connectivity index (χ4n) is 4.04. The fourth-order valence-corrected chi connectivity index (χ4v) is 5.98. The molecule has 1 aromatic carbocycles. The van der Waals surface area contributed by atoms with E-state index >= 15 is 0 Å². The van der Waals surface area contributed by atoms with E-state index in [0.29, 0.717) is 33.8 Å². The molecule has 2 amide bonds. The number of hydrogen-bond donors (Lipinski definition) is 1. The summed E-state index contributed by atoms with van der Waals surface area (Å²) in [5.41, 5.74) is 0.465. The Labute approximate surface area is 193 Å². The maximum Gasteiger partial charge on any atom is 0.255 e. The molecule has 166 valence electrons. The highest BCUT2D eigenvalue weighted by Gasteiger charge is 2.41. The summed E-state index contributed by atoms with van der Waals surface area (Å²) in [4.78, 5) is 30.5. The molecule has 0 radical (unpaired) electrons. The minimum Gasteiger partial charge on any atom is -0.353 e. The second-order valence-corrected chi connectivity index (χ2v) is 10.5. The van der Waals surface area contributed by atoms with Gasteiger partial charge in [-0.2, -0.15) is 0 Å². The van der Waals surface area contributed by atoms with E-state index in [-0.39, 0.29) is 17.2 Å². The summed E-state index contributed by atoms with van der Waals surface area (Å²) >= 11 is 13.8. The van der Waals surface area contributed by atoms with Crippen LogP contribution in [0.2, 0.25) is 10.0 Å². The highest BCUT2D eigenvalue weighted by Crippen LogP contribution is 2.35. The molecule has 2 saturated heterocycles. The number of amides is 2. The molecule has 1 aromatic rings. The molecule has 30 heavy (non-hydrogen) atoms. The van der Waals surface area contributed by atoms with Crippen molar-refractivity contribution in [3.8, 4) is 0 Å². The molecule has 0 aliphatic carbocycles. The maximum atomic E-state index is 13.4. The second-order valence-electron chi connectivity index (χ2n) is 8.47. The lowest BCUT2D eigenvalue weighted by atomic mass is 10.1. The molecule has 1 N–H and O–H groups in total. The second kappa shape index (κ2) is 11.1. The summed E-state index contributed by atoms with van der Waals surface area (Å²) in [6.07, 6.45) is 4.60. The fraction of sp³-hybridized carbons (Fsp3) is 0.636. The first kappa shape index (κ1) is 23.7. The summed E-state index contributed by atoms with van der Waals surface area (Å²) in [5, 5.41) is 3.80. The molecule has 2 fully saturated rings. The van der Waals surface area contributed by atoms with Crippen molar-refractivity contribution in [3.05, 3.63) is 33.8 Å². The summed E-state index contributed by atoms with van der Waals surface area (Å²) in [7, 11) is 0. The third-order valence-corrected chi connectivity index (χ3v) is 7.70. The number of nitrogens with one attached hydrogen (secondary N) is 1. The molecule has 2 aliphatic heterocycles. The van der Waals surface area contributed by atoms with Gasteiger partial charge in [-0.15, -0.1) is 11.8 Å². The van der Waals surface area contributed by atoms with Crippen LogP contribution in [0.4, 0.5) is 0 Å². The van der Waals surface area contributed by atoms with Crippen molar-refractivity contribution in [2.75, 3.05) is 31.9 Å². The van der Waals surface area contributed by atoms with Crippen molar-refractivity contribution >= 4 is 46.8 Å². The Morgan fingerprint density at radius 2 is 1.90 bits per heavy atom.